The first-order valence-electron chi connectivity index (χ1n) is 10.6. The fourth-order valence-corrected chi connectivity index (χ4v) is 4.21. The van der Waals surface area contributed by atoms with E-state index >= 15 is 0 Å². The van der Waals surface area contributed by atoms with E-state index in [1.807, 2.05) is 19.1 Å². The SMILES string of the molecule is CCOc1ccccc1CN1CCCC(c2cc(=O)[nH]c(N3CCOCC3)n2)C1. The van der Waals surface area contributed by atoms with Crippen molar-refractivity contribution in [3.8, 4) is 5.75 Å². The highest BCUT2D eigenvalue weighted by molar-refractivity contribution is 5.34. The molecule has 1 unspecified atom stereocenters. The molecule has 1 atom stereocenters. The van der Waals surface area contributed by atoms with Crippen molar-refractivity contribution in [2.75, 3.05) is 50.9 Å². The van der Waals surface area contributed by atoms with Gasteiger partial charge in [-0.1, -0.05) is 18.2 Å². The summed E-state index contributed by atoms with van der Waals surface area (Å²) in [6.45, 7) is 8.35. The standard InChI is InChI=1S/C22H30N4O3/c1-2-29-20-8-4-3-6-18(20)16-25-9-5-7-17(15-25)19-14-21(27)24-22(23-19)26-10-12-28-13-11-26/h3-4,6,8,14,17H,2,5,7,9-13,15-16H2,1H3,(H,23,24,27). The van der Waals surface area contributed by atoms with Crippen LogP contribution in [0.2, 0.25) is 0 Å². The van der Waals surface area contributed by atoms with Crippen LogP contribution in [0, 0.1) is 0 Å². The molecule has 3 heterocycles. The van der Waals surface area contributed by atoms with Gasteiger partial charge in [-0.15, -0.1) is 0 Å². The summed E-state index contributed by atoms with van der Waals surface area (Å²) >= 11 is 0. The van der Waals surface area contributed by atoms with Crippen molar-refractivity contribution in [1.82, 2.24) is 14.9 Å². The molecule has 2 aliphatic heterocycles. The molecule has 2 fully saturated rings. The van der Waals surface area contributed by atoms with E-state index in [9.17, 15) is 4.79 Å². The lowest BCUT2D eigenvalue weighted by Gasteiger charge is -2.33. The maximum absolute atomic E-state index is 12.3. The van der Waals surface area contributed by atoms with Crippen LogP contribution in [0.15, 0.2) is 35.1 Å². The third-order valence-corrected chi connectivity index (χ3v) is 5.65. The Balaban J connectivity index is 1.48. The number of ether oxygens (including phenoxy) is 2. The summed E-state index contributed by atoms with van der Waals surface area (Å²) in [6.07, 6.45) is 2.16. The lowest BCUT2D eigenvalue weighted by atomic mass is 9.94. The van der Waals surface area contributed by atoms with E-state index in [1.165, 1.54) is 5.56 Å². The van der Waals surface area contributed by atoms with Gasteiger partial charge in [0.15, 0.2) is 0 Å². The Labute approximate surface area is 171 Å². The third kappa shape index (κ3) is 4.97. The third-order valence-electron chi connectivity index (χ3n) is 5.65. The molecule has 156 valence electrons. The van der Waals surface area contributed by atoms with Crippen LogP contribution in [0.5, 0.6) is 5.75 Å². The largest absolute Gasteiger partial charge is 0.494 e. The molecular formula is C22H30N4O3. The second kappa shape index (κ2) is 9.41. The van der Waals surface area contributed by atoms with E-state index < -0.39 is 0 Å². The van der Waals surface area contributed by atoms with Gasteiger partial charge in [-0.25, -0.2) is 4.98 Å². The molecular weight excluding hydrogens is 368 g/mol. The minimum Gasteiger partial charge on any atom is -0.494 e. The molecule has 0 spiro atoms. The summed E-state index contributed by atoms with van der Waals surface area (Å²) in [5.41, 5.74) is 2.04. The lowest BCUT2D eigenvalue weighted by molar-refractivity contribution is 0.122. The monoisotopic (exact) mass is 398 g/mol. The van der Waals surface area contributed by atoms with Gasteiger partial charge in [-0.2, -0.15) is 0 Å². The van der Waals surface area contributed by atoms with E-state index in [2.05, 4.69) is 26.9 Å². The minimum absolute atomic E-state index is 0.0738. The number of piperidine rings is 1. The number of aromatic amines is 1. The van der Waals surface area contributed by atoms with E-state index in [-0.39, 0.29) is 11.5 Å². The molecule has 7 heteroatoms. The molecule has 29 heavy (non-hydrogen) atoms. The number of para-hydroxylation sites is 1. The van der Waals surface area contributed by atoms with Crippen LogP contribution in [-0.4, -0.2) is 60.9 Å². The van der Waals surface area contributed by atoms with Crippen LogP contribution in [0.25, 0.3) is 0 Å². The van der Waals surface area contributed by atoms with E-state index in [0.717, 1.165) is 57.0 Å². The highest BCUT2D eigenvalue weighted by atomic mass is 16.5. The van der Waals surface area contributed by atoms with Crippen LogP contribution >= 0.6 is 0 Å². The first kappa shape index (κ1) is 19.9. The van der Waals surface area contributed by atoms with E-state index in [1.54, 1.807) is 6.07 Å². The number of aromatic nitrogens is 2. The summed E-state index contributed by atoms with van der Waals surface area (Å²) in [5.74, 6) is 1.90. The summed E-state index contributed by atoms with van der Waals surface area (Å²) in [5, 5.41) is 0. The van der Waals surface area contributed by atoms with Crippen molar-refractivity contribution in [3.63, 3.8) is 0 Å². The van der Waals surface area contributed by atoms with Gasteiger partial charge in [0.2, 0.25) is 5.95 Å². The zero-order chi connectivity index (χ0) is 20.1. The quantitative estimate of drug-likeness (QED) is 0.806. The number of H-pyrrole nitrogens is 1. The summed E-state index contributed by atoms with van der Waals surface area (Å²) in [7, 11) is 0. The zero-order valence-corrected chi connectivity index (χ0v) is 17.1. The van der Waals surface area contributed by atoms with Gasteiger partial charge >= 0.3 is 0 Å². The maximum Gasteiger partial charge on any atom is 0.252 e. The normalized spacial score (nSPS) is 20.6. The average molecular weight is 399 g/mol. The molecule has 0 bridgehead atoms. The number of anilines is 1. The minimum atomic E-state index is -0.0738. The van der Waals surface area contributed by atoms with Crippen LogP contribution in [-0.2, 0) is 11.3 Å². The molecule has 0 radical (unpaired) electrons. The van der Waals surface area contributed by atoms with Gasteiger partial charge in [-0.3, -0.25) is 14.7 Å². The van der Waals surface area contributed by atoms with Crippen LogP contribution in [0.3, 0.4) is 0 Å². The summed E-state index contributed by atoms with van der Waals surface area (Å²) < 4.78 is 11.2. The summed E-state index contributed by atoms with van der Waals surface area (Å²) in [4.78, 5) is 24.6. The molecule has 1 N–H and O–H groups in total. The van der Waals surface area contributed by atoms with Crippen molar-refractivity contribution < 1.29 is 9.47 Å². The van der Waals surface area contributed by atoms with Gasteiger partial charge < -0.3 is 14.4 Å². The van der Waals surface area contributed by atoms with Gasteiger partial charge in [0.05, 0.1) is 25.5 Å². The lowest BCUT2D eigenvalue weighted by Crippen LogP contribution is -2.39. The number of nitrogens with zero attached hydrogens (tertiary/aromatic N) is 3. The Hall–Kier alpha value is -2.38. The number of rotatable bonds is 6. The molecule has 4 rings (SSSR count). The van der Waals surface area contributed by atoms with Crippen molar-refractivity contribution in [2.24, 2.45) is 0 Å². The van der Waals surface area contributed by atoms with Crippen LogP contribution in [0.1, 0.15) is 36.9 Å². The molecule has 2 aliphatic rings. The summed E-state index contributed by atoms with van der Waals surface area (Å²) in [6, 6.07) is 9.92. The number of hydrogen-bond donors (Lipinski definition) is 1. The number of morpholine rings is 1. The maximum atomic E-state index is 12.3. The Bertz CT molecular complexity index is 863. The Morgan fingerprint density at radius 3 is 2.90 bits per heavy atom. The Morgan fingerprint density at radius 1 is 1.24 bits per heavy atom. The molecule has 0 aliphatic carbocycles. The van der Waals surface area contributed by atoms with Gasteiger partial charge in [0, 0.05) is 43.7 Å². The van der Waals surface area contributed by atoms with Crippen molar-refractivity contribution in [2.45, 2.75) is 32.2 Å². The topological polar surface area (TPSA) is 70.7 Å². The second-order valence-corrected chi connectivity index (χ2v) is 7.71. The van der Waals surface area contributed by atoms with Crippen LogP contribution < -0.4 is 15.2 Å². The Kier molecular flexibility index (Phi) is 6.46. The fourth-order valence-electron chi connectivity index (χ4n) is 4.21. The first-order valence-corrected chi connectivity index (χ1v) is 10.6. The van der Waals surface area contributed by atoms with E-state index in [0.29, 0.717) is 25.8 Å². The van der Waals surface area contributed by atoms with Gasteiger partial charge in [-0.05, 0) is 32.4 Å². The van der Waals surface area contributed by atoms with Crippen LogP contribution in [0.4, 0.5) is 5.95 Å². The molecule has 0 amide bonds. The number of benzene rings is 1. The van der Waals surface area contributed by atoms with Crippen molar-refractivity contribution in [1.29, 1.82) is 0 Å². The predicted molar refractivity (Wildman–Crippen MR) is 113 cm³/mol. The first-order chi connectivity index (χ1) is 14.2. The molecule has 1 aromatic heterocycles. The van der Waals surface area contributed by atoms with Crippen molar-refractivity contribution >= 4 is 5.95 Å². The molecule has 0 saturated carbocycles. The fraction of sp³-hybridized carbons (Fsp3) is 0.545. The number of hydrogen-bond acceptors (Lipinski definition) is 6. The Morgan fingerprint density at radius 2 is 2.07 bits per heavy atom. The zero-order valence-electron chi connectivity index (χ0n) is 17.1. The van der Waals surface area contributed by atoms with Gasteiger partial charge in [0.1, 0.15) is 5.75 Å². The van der Waals surface area contributed by atoms with Crippen molar-refractivity contribution in [3.05, 3.63) is 51.9 Å². The second-order valence-electron chi connectivity index (χ2n) is 7.71. The highest BCUT2D eigenvalue weighted by Gasteiger charge is 2.25. The smallest absolute Gasteiger partial charge is 0.252 e. The average Bonchev–Trinajstić information content (AvgIpc) is 2.76. The molecule has 7 nitrogen and oxygen atoms in total. The number of likely N-dealkylation sites (tertiary alicyclic amines) is 1. The molecule has 2 saturated heterocycles. The predicted octanol–water partition coefficient (Wildman–Crippen LogP) is 2.38. The van der Waals surface area contributed by atoms with E-state index in [4.69, 9.17) is 14.5 Å². The molecule has 1 aromatic carbocycles. The highest BCUT2D eigenvalue weighted by Crippen LogP contribution is 2.28. The number of nitrogens with one attached hydrogen (secondary N) is 1. The van der Waals surface area contributed by atoms with Gasteiger partial charge in [0.25, 0.3) is 5.56 Å². The molecule has 2 aromatic rings.